The third-order valence-corrected chi connectivity index (χ3v) is 11.4. The Labute approximate surface area is 229 Å². The number of anilines is 1. The molecule has 39 heavy (non-hydrogen) atoms. The van der Waals surface area contributed by atoms with Crippen molar-refractivity contribution in [3.05, 3.63) is 112 Å². The fourth-order valence-electron chi connectivity index (χ4n) is 5.69. The first-order valence-electron chi connectivity index (χ1n) is 13.1. The van der Waals surface area contributed by atoms with Crippen LogP contribution in [-0.2, 0) is 0 Å². The summed E-state index contributed by atoms with van der Waals surface area (Å²) in [5.41, 5.74) is 8.77. The van der Waals surface area contributed by atoms with E-state index in [1.807, 2.05) is 42.5 Å². The smallest absolute Gasteiger partial charge is 0.280 e. The zero-order chi connectivity index (χ0) is 27.5. The maximum atomic E-state index is 14.1. The van der Waals surface area contributed by atoms with Gasteiger partial charge in [-0.1, -0.05) is 54.7 Å². The van der Waals surface area contributed by atoms with E-state index in [2.05, 4.69) is 104 Å². The van der Waals surface area contributed by atoms with Gasteiger partial charge in [0.1, 0.15) is 27.7 Å². The third kappa shape index (κ3) is 3.92. The summed E-state index contributed by atoms with van der Waals surface area (Å²) in [4.78, 5) is 16.2. The van der Waals surface area contributed by atoms with Gasteiger partial charge in [-0.05, 0) is 69.1 Å². The van der Waals surface area contributed by atoms with Gasteiger partial charge in [0.2, 0.25) is 0 Å². The number of allylic oxidation sites excluding steroid dienone is 5. The van der Waals surface area contributed by atoms with Crippen LogP contribution in [0.3, 0.4) is 0 Å². The van der Waals surface area contributed by atoms with Gasteiger partial charge in [0.25, 0.3) is 5.91 Å². The Bertz CT molecular complexity index is 1800. The van der Waals surface area contributed by atoms with Crippen molar-refractivity contribution in [3.8, 4) is 0 Å². The molecule has 1 aliphatic heterocycles. The van der Waals surface area contributed by atoms with Gasteiger partial charge in [-0.25, -0.2) is 4.58 Å². The van der Waals surface area contributed by atoms with Gasteiger partial charge < -0.3 is 4.90 Å². The molecule has 1 aliphatic carbocycles. The number of nitrogens with zero attached hydrogens (tertiary/aromatic N) is 5. The Morgan fingerprint density at radius 3 is 2.44 bits per heavy atom. The second-order valence-corrected chi connectivity index (χ2v) is 15.4. The molecule has 0 spiro atoms. The SMILES string of the molecule is CN(C)c1ccc2c(c1)[Si](C)(C)C1=CC(=[N+](C)C)C=CC1=C2c1ccccc1C(=O)n1nnc2ccccc21. The van der Waals surface area contributed by atoms with E-state index in [4.69, 9.17) is 0 Å². The van der Waals surface area contributed by atoms with Crippen molar-refractivity contribution >= 4 is 47.2 Å². The predicted octanol–water partition coefficient (Wildman–Crippen LogP) is 4.67. The molecule has 0 radical (unpaired) electrons. The number of para-hydroxylation sites is 1. The lowest BCUT2D eigenvalue weighted by Crippen LogP contribution is -2.49. The summed E-state index contributed by atoms with van der Waals surface area (Å²) in [5.74, 6) is -0.188. The summed E-state index contributed by atoms with van der Waals surface area (Å²) in [6, 6.07) is 22.2. The average molecular weight is 531 g/mol. The second-order valence-electron chi connectivity index (χ2n) is 11.1. The summed E-state index contributed by atoms with van der Waals surface area (Å²) in [7, 11) is 6.24. The summed E-state index contributed by atoms with van der Waals surface area (Å²) in [6.07, 6.45) is 6.77. The van der Waals surface area contributed by atoms with Crippen LogP contribution in [0, 0.1) is 0 Å². The van der Waals surface area contributed by atoms with E-state index in [1.165, 1.54) is 37.6 Å². The van der Waals surface area contributed by atoms with Crippen LogP contribution >= 0.6 is 0 Å². The standard InChI is InChI=1S/C32H32N5OSi/c1-35(2)21-15-17-25-29(19-21)39(5,6)30-20-22(36(3)4)16-18-26(30)31(25)23-11-7-8-12-24(23)32(38)37-28-14-10-9-13-27(28)33-34-37/h7-20H,1-6H3/q+1. The quantitative estimate of drug-likeness (QED) is 0.286. The van der Waals surface area contributed by atoms with E-state index in [9.17, 15) is 4.79 Å². The van der Waals surface area contributed by atoms with E-state index in [0.29, 0.717) is 16.6 Å². The predicted molar refractivity (Wildman–Crippen MR) is 162 cm³/mol. The molecular formula is C32H32N5OSi+. The molecule has 0 atom stereocenters. The van der Waals surface area contributed by atoms with Gasteiger partial charge in [0.15, 0.2) is 5.71 Å². The van der Waals surface area contributed by atoms with E-state index >= 15 is 0 Å². The van der Waals surface area contributed by atoms with Crippen LogP contribution in [0.25, 0.3) is 16.6 Å². The number of carbonyl (C=O) groups excluding carboxylic acids is 1. The van der Waals surface area contributed by atoms with Crippen molar-refractivity contribution in [2.45, 2.75) is 13.1 Å². The topological polar surface area (TPSA) is 54.0 Å². The van der Waals surface area contributed by atoms with Crippen LogP contribution in [-0.4, -0.2) is 67.5 Å². The third-order valence-electron chi connectivity index (χ3n) is 7.90. The number of carbonyl (C=O) groups is 1. The first-order chi connectivity index (χ1) is 18.7. The number of rotatable bonds is 3. The highest BCUT2D eigenvalue weighted by molar-refractivity contribution is 6.98. The molecule has 0 bridgehead atoms. The van der Waals surface area contributed by atoms with Crippen LogP contribution in [0.1, 0.15) is 21.5 Å². The van der Waals surface area contributed by atoms with Gasteiger partial charge in [0, 0.05) is 37.5 Å². The first kappa shape index (κ1) is 24.9. The number of fused-ring (bicyclic) bond motifs is 3. The summed E-state index contributed by atoms with van der Waals surface area (Å²) in [6.45, 7) is 4.86. The maximum absolute atomic E-state index is 14.1. The molecule has 2 heterocycles. The van der Waals surface area contributed by atoms with Gasteiger partial charge in [-0.15, -0.1) is 5.10 Å². The van der Waals surface area contributed by atoms with Gasteiger partial charge in [-0.2, -0.15) is 4.68 Å². The number of hydrogen-bond donors (Lipinski definition) is 0. The lowest BCUT2D eigenvalue weighted by Gasteiger charge is -2.38. The fraction of sp³-hybridized carbons (Fsp3) is 0.188. The van der Waals surface area contributed by atoms with Crippen LogP contribution in [0.4, 0.5) is 5.69 Å². The Balaban J connectivity index is 1.64. The normalized spacial score (nSPS) is 15.6. The number of aromatic nitrogens is 3. The van der Waals surface area contributed by atoms with E-state index in [0.717, 1.165) is 11.1 Å². The molecule has 0 saturated heterocycles. The fourth-order valence-corrected chi connectivity index (χ4v) is 8.76. The molecule has 7 heteroatoms. The zero-order valence-electron chi connectivity index (χ0n) is 23.2. The van der Waals surface area contributed by atoms with Crippen LogP contribution < -0.4 is 10.1 Å². The lowest BCUT2D eigenvalue weighted by atomic mass is 9.87. The van der Waals surface area contributed by atoms with Crippen molar-refractivity contribution in [2.24, 2.45) is 0 Å². The van der Waals surface area contributed by atoms with Crippen molar-refractivity contribution in [3.63, 3.8) is 0 Å². The molecule has 3 aromatic carbocycles. The molecule has 6 rings (SSSR count). The van der Waals surface area contributed by atoms with Crippen LogP contribution in [0.5, 0.6) is 0 Å². The highest BCUT2D eigenvalue weighted by Crippen LogP contribution is 2.42. The molecule has 2 aliphatic rings. The largest absolute Gasteiger partial charge is 0.378 e. The molecule has 194 valence electrons. The minimum absolute atomic E-state index is 0.188. The van der Waals surface area contributed by atoms with Crippen molar-refractivity contribution < 1.29 is 9.37 Å². The minimum atomic E-state index is -2.08. The van der Waals surface area contributed by atoms with Crippen molar-refractivity contribution in [2.75, 3.05) is 33.1 Å². The van der Waals surface area contributed by atoms with Crippen molar-refractivity contribution in [1.82, 2.24) is 15.0 Å². The van der Waals surface area contributed by atoms with Gasteiger partial charge >= 0.3 is 0 Å². The van der Waals surface area contributed by atoms with Gasteiger partial charge in [0.05, 0.1) is 5.52 Å². The molecule has 6 nitrogen and oxygen atoms in total. The Morgan fingerprint density at radius 2 is 1.67 bits per heavy atom. The molecule has 1 aromatic heterocycles. The zero-order valence-corrected chi connectivity index (χ0v) is 24.2. The molecular weight excluding hydrogens is 498 g/mol. The molecule has 0 fully saturated rings. The van der Waals surface area contributed by atoms with Crippen LogP contribution in [0.2, 0.25) is 13.1 Å². The summed E-state index contributed by atoms with van der Waals surface area (Å²) >= 11 is 0. The number of benzene rings is 3. The Morgan fingerprint density at radius 1 is 0.923 bits per heavy atom. The highest BCUT2D eigenvalue weighted by atomic mass is 28.3. The van der Waals surface area contributed by atoms with E-state index in [-0.39, 0.29) is 5.91 Å². The summed E-state index contributed by atoms with van der Waals surface area (Å²) in [5, 5.41) is 11.2. The molecule has 0 saturated carbocycles. The minimum Gasteiger partial charge on any atom is -0.378 e. The van der Waals surface area contributed by atoms with Crippen LogP contribution in [0.15, 0.2) is 95.7 Å². The molecule has 0 amide bonds. The van der Waals surface area contributed by atoms with Gasteiger partial charge in [-0.3, -0.25) is 4.79 Å². The lowest BCUT2D eigenvalue weighted by molar-refractivity contribution is -0.462. The average Bonchev–Trinajstić information content (AvgIpc) is 3.37. The highest BCUT2D eigenvalue weighted by Gasteiger charge is 2.41. The van der Waals surface area contributed by atoms with Crippen molar-refractivity contribution in [1.29, 1.82) is 0 Å². The summed E-state index contributed by atoms with van der Waals surface area (Å²) < 4.78 is 3.58. The second kappa shape index (κ2) is 9.13. The van der Waals surface area contributed by atoms with E-state index in [1.54, 1.807) is 0 Å². The Kier molecular flexibility index (Phi) is 5.84. The molecule has 0 unspecified atom stereocenters. The first-order valence-corrected chi connectivity index (χ1v) is 16.1. The molecule has 4 aromatic rings. The maximum Gasteiger partial charge on any atom is 0.280 e. The van der Waals surface area contributed by atoms with E-state index < -0.39 is 8.07 Å². The molecule has 0 N–H and O–H groups in total. The monoisotopic (exact) mass is 530 g/mol. The Hall–Kier alpha value is -4.36. The number of hydrogen-bond acceptors (Lipinski definition) is 4.